The smallest absolute Gasteiger partial charge is 0.246 e. The molecule has 1 aliphatic rings. The highest BCUT2D eigenvalue weighted by Gasteiger charge is 2.44. The molecule has 0 saturated carbocycles. The van der Waals surface area contributed by atoms with Crippen LogP contribution in [0.3, 0.4) is 0 Å². The van der Waals surface area contributed by atoms with Crippen LogP contribution in [0.15, 0.2) is 60.5 Å². The number of carbonyl (C=O) groups is 5. The van der Waals surface area contributed by atoms with E-state index in [1.165, 1.54) is 23.5 Å². The number of pyridine rings is 2. The van der Waals surface area contributed by atoms with Gasteiger partial charge in [-0.2, -0.15) is 0 Å². The Morgan fingerprint density at radius 1 is 0.855 bits per heavy atom. The summed E-state index contributed by atoms with van der Waals surface area (Å²) < 4.78 is 15.3. The van der Waals surface area contributed by atoms with E-state index in [0.29, 0.717) is 47.0 Å². The number of nitrogens with one attached hydrogen (secondary N) is 4. The van der Waals surface area contributed by atoms with Crippen LogP contribution in [-0.4, -0.2) is 85.8 Å². The second-order valence-electron chi connectivity index (χ2n) is 18.9. The number of anilines is 3. The van der Waals surface area contributed by atoms with E-state index in [2.05, 4.69) is 36.2 Å². The van der Waals surface area contributed by atoms with Gasteiger partial charge in [0, 0.05) is 74.2 Å². The van der Waals surface area contributed by atoms with Gasteiger partial charge in [-0.1, -0.05) is 70.7 Å². The molecule has 18 heteroatoms. The number of aliphatic hydroxyl groups excluding tert-OH is 1. The van der Waals surface area contributed by atoms with Crippen LogP contribution in [0.25, 0.3) is 32.3 Å². The molecule has 3 atom stereocenters. The maximum atomic E-state index is 15.3. The van der Waals surface area contributed by atoms with E-state index in [1.54, 1.807) is 30.4 Å². The lowest BCUT2D eigenvalue weighted by Crippen LogP contribution is -2.57. The van der Waals surface area contributed by atoms with E-state index in [4.69, 9.17) is 11.5 Å². The maximum Gasteiger partial charge on any atom is 0.246 e. The lowest BCUT2D eigenvalue weighted by molar-refractivity contribution is -0.144. The van der Waals surface area contributed by atoms with Gasteiger partial charge >= 0.3 is 0 Å². The molecule has 1 aliphatic heterocycles. The van der Waals surface area contributed by atoms with Crippen molar-refractivity contribution in [3.63, 3.8) is 0 Å². The Balaban J connectivity index is 0.839. The van der Waals surface area contributed by atoms with E-state index in [9.17, 15) is 29.1 Å². The van der Waals surface area contributed by atoms with Crippen molar-refractivity contribution in [3.8, 4) is 21.6 Å². The Morgan fingerprint density at radius 2 is 1.55 bits per heavy atom. The zero-order valence-electron chi connectivity index (χ0n) is 40.1. The molecule has 368 valence electrons. The van der Waals surface area contributed by atoms with Crippen LogP contribution < -0.4 is 32.7 Å². The lowest BCUT2D eigenvalue weighted by atomic mass is 9.85. The number of aromatic nitrogens is 3. The molecule has 3 aromatic heterocycles. The third-order valence-corrected chi connectivity index (χ3v) is 13.5. The number of hydrogen-bond acceptors (Lipinski definition) is 12. The molecule has 0 aliphatic carbocycles. The van der Waals surface area contributed by atoms with Crippen molar-refractivity contribution in [1.82, 2.24) is 35.8 Å². The number of thiazole rings is 1. The zero-order chi connectivity index (χ0) is 49.8. The second kappa shape index (κ2) is 23.7. The summed E-state index contributed by atoms with van der Waals surface area (Å²) in [4.78, 5) is 80.9. The monoisotopic (exact) mass is 964 g/mol. The van der Waals surface area contributed by atoms with Crippen molar-refractivity contribution in [3.05, 3.63) is 83.1 Å². The van der Waals surface area contributed by atoms with Crippen LogP contribution >= 0.6 is 11.3 Å². The van der Waals surface area contributed by atoms with Crippen LogP contribution in [0, 0.1) is 25.1 Å². The molecule has 69 heavy (non-hydrogen) atoms. The first-order valence-corrected chi connectivity index (χ1v) is 24.5. The van der Waals surface area contributed by atoms with Gasteiger partial charge in [0.15, 0.2) is 5.82 Å². The number of amides is 5. The number of hydrogen-bond donors (Lipinski definition) is 7. The van der Waals surface area contributed by atoms with Crippen molar-refractivity contribution >= 4 is 68.8 Å². The highest BCUT2D eigenvalue weighted by molar-refractivity contribution is 7.13. The Morgan fingerprint density at radius 3 is 2.26 bits per heavy atom. The number of halogens is 1. The molecular weight excluding hydrogens is 900 g/mol. The van der Waals surface area contributed by atoms with Gasteiger partial charge in [-0.15, -0.1) is 11.3 Å². The number of likely N-dealkylation sites (tertiary alicyclic amines) is 1. The van der Waals surface area contributed by atoms with Gasteiger partial charge in [0.05, 0.1) is 39.8 Å². The Bertz CT molecular complexity index is 2630. The minimum absolute atomic E-state index is 0.00663. The number of nitrogens with two attached hydrogens (primary N) is 2. The fourth-order valence-electron chi connectivity index (χ4n) is 8.44. The fourth-order valence-corrected chi connectivity index (χ4v) is 9.25. The highest BCUT2D eigenvalue weighted by Crippen LogP contribution is 2.36. The van der Waals surface area contributed by atoms with Gasteiger partial charge in [0.1, 0.15) is 17.9 Å². The predicted molar refractivity (Wildman–Crippen MR) is 268 cm³/mol. The van der Waals surface area contributed by atoms with Gasteiger partial charge in [0.25, 0.3) is 0 Å². The molecule has 2 aromatic carbocycles. The number of nitrogens with zero attached hydrogens (tertiary/aromatic N) is 4. The Labute approximate surface area is 406 Å². The quantitative estimate of drug-likeness (QED) is 0.0289. The Kier molecular flexibility index (Phi) is 17.8. The van der Waals surface area contributed by atoms with E-state index < -0.39 is 35.3 Å². The number of carbonyl (C=O) groups excluding carboxylic acids is 5. The number of rotatable bonds is 21. The normalized spacial score (nSPS) is 15.2. The minimum atomic E-state index is -0.887. The number of β-amino-alcohol motifs (C(OH)–C–C–N with tert-alkyl or cyclic N) is 1. The van der Waals surface area contributed by atoms with Gasteiger partial charge in [-0.25, -0.2) is 14.4 Å². The number of benzene rings is 2. The molecule has 4 heterocycles. The summed E-state index contributed by atoms with van der Waals surface area (Å²) in [5.74, 6) is -1.77. The number of fused-ring (bicyclic) bond motifs is 1. The molecule has 0 bridgehead atoms. The maximum absolute atomic E-state index is 15.3. The predicted octanol–water partition coefficient (Wildman–Crippen LogP) is 7.11. The number of aryl methyl sites for hydroxylation is 1. The summed E-state index contributed by atoms with van der Waals surface area (Å²) in [7, 11) is 0. The SMILES string of the molecule is Cc1ncsc1-c1ccc(CNC(=O)[C@@H]2C[C@@H](O)CN2C(=O)[C@@H](NC(=O)CCCCCCCCNC(=O)CCCC(=O)Nc2cc3cc(-c4cncc(N)c4C)c(F)c(N)c3cn2)C(C)(C)C)cc1. The third kappa shape index (κ3) is 13.8. The van der Waals surface area contributed by atoms with Crippen molar-refractivity contribution in [1.29, 1.82) is 0 Å². The molecule has 5 amide bonds. The van der Waals surface area contributed by atoms with Crippen LogP contribution in [-0.2, 0) is 30.5 Å². The molecule has 16 nitrogen and oxygen atoms in total. The highest BCUT2D eigenvalue weighted by atomic mass is 32.1. The van der Waals surface area contributed by atoms with Gasteiger partial charge < -0.3 is 42.7 Å². The van der Waals surface area contributed by atoms with E-state index in [0.717, 1.165) is 53.8 Å². The van der Waals surface area contributed by atoms with Crippen molar-refractivity contribution in [2.75, 3.05) is 29.9 Å². The van der Waals surface area contributed by atoms with Gasteiger partial charge in [0.2, 0.25) is 29.5 Å². The van der Waals surface area contributed by atoms with Crippen LogP contribution in [0.4, 0.5) is 21.6 Å². The fraction of sp³-hybridized carbons (Fsp3) is 0.451. The lowest BCUT2D eigenvalue weighted by Gasteiger charge is -2.35. The molecule has 0 unspecified atom stereocenters. The first kappa shape index (κ1) is 51.9. The molecule has 0 spiro atoms. The van der Waals surface area contributed by atoms with Crippen molar-refractivity contribution in [2.45, 2.75) is 130 Å². The molecular formula is C51H65FN10O6S. The Hall–Kier alpha value is -6.53. The minimum Gasteiger partial charge on any atom is -0.397 e. The van der Waals surface area contributed by atoms with Crippen LogP contribution in [0.1, 0.15) is 108 Å². The first-order valence-electron chi connectivity index (χ1n) is 23.6. The van der Waals surface area contributed by atoms with E-state index in [-0.39, 0.29) is 79.5 Å². The molecule has 9 N–H and O–H groups in total. The van der Waals surface area contributed by atoms with Crippen molar-refractivity contribution < 1.29 is 33.5 Å². The molecule has 5 aromatic rings. The second-order valence-corrected chi connectivity index (χ2v) is 19.8. The molecule has 0 radical (unpaired) electrons. The first-order chi connectivity index (χ1) is 32.9. The van der Waals surface area contributed by atoms with Crippen LogP contribution in [0.5, 0.6) is 0 Å². The average Bonchev–Trinajstić information content (AvgIpc) is 3.93. The number of unbranched alkanes of at least 4 members (excludes halogenated alkanes) is 5. The molecule has 6 rings (SSSR count). The average molecular weight is 965 g/mol. The molecule has 1 fully saturated rings. The van der Waals surface area contributed by atoms with Crippen molar-refractivity contribution in [2.24, 2.45) is 5.41 Å². The molecule has 1 saturated heterocycles. The summed E-state index contributed by atoms with van der Waals surface area (Å²) in [5.41, 5.74) is 18.0. The van der Waals surface area contributed by atoms with E-state index >= 15 is 4.39 Å². The summed E-state index contributed by atoms with van der Waals surface area (Å²) in [6.45, 7) is 10.1. The summed E-state index contributed by atoms with van der Waals surface area (Å²) in [5, 5.41) is 23.1. The number of nitrogen functional groups attached to an aromatic ring is 2. The summed E-state index contributed by atoms with van der Waals surface area (Å²) >= 11 is 1.57. The summed E-state index contributed by atoms with van der Waals surface area (Å²) in [6, 6.07) is 9.37. The topological polar surface area (TPSA) is 248 Å². The zero-order valence-corrected chi connectivity index (χ0v) is 40.9. The van der Waals surface area contributed by atoms with Crippen LogP contribution in [0.2, 0.25) is 0 Å². The van der Waals surface area contributed by atoms with Gasteiger partial charge in [-0.05, 0) is 72.7 Å². The largest absolute Gasteiger partial charge is 0.397 e. The number of aliphatic hydroxyl groups is 1. The van der Waals surface area contributed by atoms with Gasteiger partial charge in [-0.3, -0.25) is 29.0 Å². The summed E-state index contributed by atoms with van der Waals surface area (Å²) in [6.07, 6.45) is 9.60. The van der Waals surface area contributed by atoms with E-state index in [1.807, 2.05) is 57.5 Å². The third-order valence-electron chi connectivity index (χ3n) is 12.5. The standard InChI is InChI=1S/C51H65FN10O6S/c1-30-37(25-55-27-39(30)53)36-21-34-22-41(57-26-38(34)46(54)45(36)52)60-43(65)15-12-14-42(64)56-20-11-9-7-6-8-10-13-44(66)61-48(51(3,4)5)50(68)62-28-35(63)23-40(62)49(67)58-24-32-16-18-33(19-17-32)47-31(2)59-29-69-47/h16-19,21-22,25-27,29,35,40,48,63H,6-15,20,23-24,28,53-54H2,1-5H3,(H,56,64)(H,58,67)(H,61,66)(H,57,60,65)/t35-,40+,48-/m1/s1.